The van der Waals surface area contributed by atoms with Crippen molar-refractivity contribution in [1.82, 2.24) is 15.2 Å². The summed E-state index contributed by atoms with van der Waals surface area (Å²) in [4.78, 5) is 33.5. The number of hydrogen-bond donors (Lipinski definition) is 1. The summed E-state index contributed by atoms with van der Waals surface area (Å²) in [5, 5.41) is 3.46. The van der Waals surface area contributed by atoms with Gasteiger partial charge >= 0.3 is 6.03 Å². The van der Waals surface area contributed by atoms with Gasteiger partial charge in [0.1, 0.15) is 4.88 Å². The quantitative estimate of drug-likeness (QED) is 0.677. The van der Waals surface area contributed by atoms with Gasteiger partial charge in [-0.3, -0.25) is 9.69 Å². The van der Waals surface area contributed by atoms with Crippen molar-refractivity contribution in [3.63, 3.8) is 0 Å². The van der Waals surface area contributed by atoms with Crippen molar-refractivity contribution in [2.45, 2.75) is 20.0 Å². The van der Waals surface area contributed by atoms with Gasteiger partial charge in [0, 0.05) is 26.2 Å². The van der Waals surface area contributed by atoms with E-state index in [1.54, 1.807) is 4.90 Å². The fraction of sp³-hybridized carbons (Fsp3) is 0.227. The van der Waals surface area contributed by atoms with Crippen molar-refractivity contribution in [2.24, 2.45) is 0 Å². The van der Waals surface area contributed by atoms with E-state index in [0.717, 1.165) is 11.1 Å². The SMILES string of the molecule is Cc1ccccc1CN1CCN(c2ncc(C(=O)NCc3ccccc3)s2)C1=O. The zero-order valence-corrected chi connectivity index (χ0v) is 17.0. The second kappa shape index (κ2) is 8.45. The molecule has 29 heavy (non-hydrogen) atoms. The van der Waals surface area contributed by atoms with Gasteiger partial charge in [0.25, 0.3) is 5.91 Å². The third kappa shape index (κ3) is 4.30. The number of benzene rings is 2. The highest BCUT2D eigenvalue weighted by Gasteiger charge is 2.32. The number of thiazole rings is 1. The van der Waals surface area contributed by atoms with E-state index in [2.05, 4.69) is 23.3 Å². The first kappa shape index (κ1) is 19.1. The van der Waals surface area contributed by atoms with Crippen LogP contribution in [0.5, 0.6) is 0 Å². The first-order valence-electron chi connectivity index (χ1n) is 9.51. The summed E-state index contributed by atoms with van der Waals surface area (Å²) in [6.45, 7) is 4.30. The molecule has 0 radical (unpaired) electrons. The number of aromatic nitrogens is 1. The third-order valence-corrected chi connectivity index (χ3v) is 5.98. The van der Waals surface area contributed by atoms with Crippen LogP contribution in [0.2, 0.25) is 0 Å². The lowest BCUT2D eigenvalue weighted by Crippen LogP contribution is -2.31. The zero-order chi connectivity index (χ0) is 20.2. The normalized spacial score (nSPS) is 13.8. The highest BCUT2D eigenvalue weighted by Crippen LogP contribution is 2.27. The number of nitrogens with one attached hydrogen (secondary N) is 1. The van der Waals surface area contributed by atoms with Crippen LogP contribution in [-0.2, 0) is 13.1 Å². The van der Waals surface area contributed by atoms with Crippen LogP contribution in [0.25, 0.3) is 0 Å². The third-order valence-electron chi connectivity index (χ3n) is 4.96. The van der Waals surface area contributed by atoms with Crippen molar-refractivity contribution < 1.29 is 9.59 Å². The number of carbonyl (C=O) groups is 2. The molecule has 1 N–H and O–H groups in total. The number of rotatable bonds is 6. The van der Waals surface area contributed by atoms with Crippen LogP contribution < -0.4 is 10.2 Å². The van der Waals surface area contributed by atoms with Gasteiger partial charge in [-0.15, -0.1) is 0 Å². The summed E-state index contributed by atoms with van der Waals surface area (Å²) >= 11 is 1.24. The molecule has 0 unspecified atom stereocenters. The summed E-state index contributed by atoms with van der Waals surface area (Å²) in [5.41, 5.74) is 3.35. The molecule has 3 amide bonds. The summed E-state index contributed by atoms with van der Waals surface area (Å²) < 4.78 is 0. The summed E-state index contributed by atoms with van der Waals surface area (Å²) in [5.74, 6) is -0.180. The fourth-order valence-electron chi connectivity index (χ4n) is 3.26. The van der Waals surface area contributed by atoms with E-state index in [0.29, 0.717) is 36.2 Å². The molecular formula is C22H22N4O2S. The van der Waals surface area contributed by atoms with Crippen molar-refractivity contribution >= 4 is 28.4 Å². The molecule has 1 aliphatic rings. The minimum atomic E-state index is -0.180. The molecule has 2 heterocycles. The Hall–Kier alpha value is -3.19. The first-order valence-corrected chi connectivity index (χ1v) is 10.3. The van der Waals surface area contributed by atoms with Gasteiger partial charge in [0.2, 0.25) is 0 Å². The average molecular weight is 407 g/mol. The van der Waals surface area contributed by atoms with Crippen LogP contribution in [0.1, 0.15) is 26.4 Å². The topological polar surface area (TPSA) is 65.5 Å². The average Bonchev–Trinajstić information content (AvgIpc) is 3.36. The van der Waals surface area contributed by atoms with Crippen LogP contribution in [0, 0.1) is 6.92 Å². The molecule has 1 saturated heterocycles. The number of anilines is 1. The maximum atomic E-state index is 12.8. The van der Waals surface area contributed by atoms with Gasteiger partial charge in [0.05, 0.1) is 6.20 Å². The van der Waals surface area contributed by atoms with Crippen LogP contribution in [0.15, 0.2) is 60.8 Å². The Morgan fingerprint density at radius 1 is 1.10 bits per heavy atom. The standard InChI is InChI=1S/C22H22N4O2S/c1-16-7-5-6-10-18(16)15-25-11-12-26(22(25)28)21-24-14-19(29-21)20(27)23-13-17-8-3-2-4-9-17/h2-10,14H,11-13,15H2,1H3,(H,23,27). The lowest BCUT2D eigenvalue weighted by Gasteiger charge is -2.18. The van der Waals surface area contributed by atoms with Crippen molar-refractivity contribution in [1.29, 1.82) is 0 Å². The second-order valence-corrected chi connectivity index (χ2v) is 7.97. The number of urea groups is 1. The van der Waals surface area contributed by atoms with Crippen LogP contribution in [-0.4, -0.2) is 34.9 Å². The molecule has 0 atom stereocenters. The second-order valence-electron chi connectivity index (χ2n) is 6.96. The van der Waals surface area contributed by atoms with Crippen LogP contribution in [0.4, 0.5) is 9.93 Å². The maximum Gasteiger partial charge on any atom is 0.326 e. The summed E-state index contributed by atoms with van der Waals surface area (Å²) in [6.07, 6.45) is 1.54. The fourth-order valence-corrected chi connectivity index (χ4v) is 4.11. The summed E-state index contributed by atoms with van der Waals surface area (Å²) in [7, 11) is 0. The predicted molar refractivity (Wildman–Crippen MR) is 114 cm³/mol. The minimum absolute atomic E-state index is 0.0705. The molecule has 148 valence electrons. The van der Waals surface area contributed by atoms with Crippen LogP contribution >= 0.6 is 11.3 Å². The van der Waals surface area contributed by atoms with E-state index < -0.39 is 0 Å². The number of amides is 3. The van der Waals surface area contributed by atoms with Gasteiger partial charge < -0.3 is 10.2 Å². The Kier molecular flexibility index (Phi) is 5.57. The molecule has 0 aliphatic carbocycles. The van der Waals surface area contributed by atoms with Gasteiger partial charge in [-0.05, 0) is 23.6 Å². The maximum absolute atomic E-state index is 12.8. The number of nitrogens with zero attached hydrogens (tertiary/aromatic N) is 3. The molecular weight excluding hydrogens is 384 g/mol. The molecule has 1 fully saturated rings. The Morgan fingerprint density at radius 3 is 2.66 bits per heavy atom. The number of hydrogen-bond acceptors (Lipinski definition) is 4. The smallest absolute Gasteiger partial charge is 0.326 e. The Labute approximate surface area is 173 Å². The molecule has 6 nitrogen and oxygen atoms in total. The lowest BCUT2D eigenvalue weighted by atomic mass is 10.1. The molecule has 4 rings (SSSR count). The van der Waals surface area contributed by atoms with E-state index in [1.807, 2.05) is 53.4 Å². The molecule has 0 saturated carbocycles. The molecule has 1 aliphatic heterocycles. The van der Waals surface area contributed by atoms with Crippen LogP contribution in [0.3, 0.4) is 0 Å². The Balaban J connectivity index is 1.38. The molecule has 3 aromatic rings. The van der Waals surface area contributed by atoms with Crippen molar-refractivity contribution in [3.05, 3.63) is 82.4 Å². The monoisotopic (exact) mass is 406 g/mol. The molecule has 7 heteroatoms. The predicted octanol–water partition coefficient (Wildman–Crippen LogP) is 3.82. The molecule has 2 aromatic carbocycles. The number of carbonyl (C=O) groups excluding carboxylic acids is 2. The molecule has 0 bridgehead atoms. The van der Waals surface area contributed by atoms with Gasteiger partial charge in [-0.2, -0.15) is 0 Å². The van der Waals surface area contributed by atoms with Crippen molar-refractivity contribution in [3.8, 4) is 0 Å². The number of aryl methyl sites for hydroxylation is 1. The van der Waals surface area contributed by atoms with Gasteiger partial charge in [0.15, 0.2) is 5.13 Å². The van der Waals surface area contributed by atoms with Gasteiger partial charge in [-0.25, -0.2) is 9.78 Å². The van der Waals surface area contributed by atoms with E-state index in [9.17, 15) is 9.59 Å². The summed E-state index contributed by atoms with van der Waals surface area (Å²) in [6, 6.07) is 17.8. The van der Waals surface area contributed by atoms with E-state index in [4.69, 9.17) is 0 Å². The highest BCUT2D eigenvalue weighted by atomic mass is 32.1. The zero-order valence-electron chi connectivity index (χ0n) is 16.2. The van der Waals surface area contributed by atoms with Crippen molar-refractivity contribution in [2.75, 3.05) is 18.0 Å². The van der Waals surface area contributed by atoms with E-state index in [-0.39, 0.29) is 11.9 Å². The Bertz CT molecular complexity index is 1020. The Morgan fingerprint density at radius 2 is 1.86 bits per heavy atom. The minimum Gasteiger partial charge on any atom is -0.347 e. The van der Waals surface area contributed by atoms with E-state index in [1.165, 1.54) is 23.1 Å². The van der Waals surface area contributed by atoms with E-state index >= 15 is 0 Å². The largest absolute Gasteiger partial charge is 0.347 e. The van der Waals surface area contributed by atoms with Gasteiger partial charge in [-0.1, -0.05) is 65.9 Å². The molecule has 0 spiro atoms. The first-order chi connectivity index (χ1) is 14.1. The molecule has 1 aromatic heterocycles. The lowest BCUT2D eigenvalue weighted by molar-refractivity contribution is 0.0954. The highest BCUT2D eigenvalue weighted by molar-refractivity contribution is 7.17.